The van der Waals surface area contributed by atoms with Crippen LogP contribution in [0.25, 0.3) is 16.8 Å². The molecule has 0 bridgehead atoms. The molecule has 2 aromatic carbocycles. The Hall–Kier alpha value is -4.69. The number of carbonyl (C=O) groups is 1. The molecule has 48 heavy (non-hydrogen) atoms. The van der Waals surface area contributed by atoms with Crippen LogP contribution >= 0.6 is 0 Å². The van der Waals surface area contributed by atoms with Crippen LogP contribution in [0.2, 0.25) is 0 Å². The highest BCUT2D eigenvalue weighted by Gasteiger charge is 2.46. The summed E-state index contributed by atoms with van der Waals surface area (Å²) in [4.78, 5) is 22.6. The van der Waals surface area contributed by atoms with E-state index < -0.39 is 12.3 Å². The van der Waals surface area contributed by atoms with Crippen molar-refractivity contribution in [3.05, 3.63) is 77.6 Å². The van der Waals surface area contributed by atoms with Crippen LogP contribution in [-0.4, -0.2) is 69.3 Å². The molecule has 1 spiro atoms. The molecule has 4 aromatic rings. The van der Waals surface area contributed by atoms with Crippen molar-refractivity contribution in [1.82, 2.24) is 25.1 Å². The van der Waals surface area contributed by atoms with Gasteiger partial charge in [-0.25, -0.2) is 4.68 Å². The van der Waals surface area contributed by atoms with Gasteiger partial charge in [-0.15, -0.1) is 0 Å². The minimum atomic E-state index is -4.85. The number of esters is 1. The highest BCUT2D eigenvalue weighted by atomic mass is 19.4. The molecule has 0 unspecified atom stereocenters. The predicted molar refractivity (Wildman–Crippen MR) is 172 cm³/mol. The molecule has 2 saturated heterocycles. The molecule has 254 valence electrons. The predicted octanol–water partition coefficient (Wildman–Crippen LogP) is 4.91. The van der Waals surface area contributed by atoms with Crippen molar-refractivity contribution < 1.29 is 32.5 Å². The van der Waals surface area contributed by atoms with Gasteiger partial charge in [-0.05, 0) is 73.4 Å². The molecule has 2 aliphatic heterocycles. The molecular formula is C34H38F3N7O4. The fraction of sp³-hybridized carbons (Fsp3) is 0.412. The van der Waals surface area contributed by atoms with Crippen molar-refractivity contribution in [2.75, 3.05) is 36.9 Å². The maximum Gasteiger partial charge on any atom is 0.429 e. The van der Waals surface area contributed by atoms with Gasteiger partial charge < -0.3 is 30.5 Å². The van der Waals surface area contributed by atoms with E-state index in [0.29, 0.717) is 60.9 Å². The molecule has 2 aromatic heterocycles. The van der Waals surface area contributed by atoms with Gasteiger partial charge in [-0.2, -0.15) is 28.2 Å². The van der Waals surface area contributed by atoms with E-state index in [-0.39, 0.29) is 47.1 Å². The number of ether oxygens (including phenoxy) is 2. The van der Waals surface area contributed by atoms with Gasteiger partial charge in [0.05, 0.1) is 24.6 Å². The minimum Gasteiger partial charge on any atom is -0.465 e. The molecule has 0 radical (unpaired) electrons. The van der Waals surface area contributed by atoms with Gasteiger partial charge in [0, 0.05) is 37.5 Å². The second kappa shape index (κ2) is 13.4. The largest absolute Gasteiger partial charge is 0.465 e. The Labute approximate surface area is 275 Å². The Balaban J connectivity index is 1.29. The van der Waals surface area contributed by atoms with E-state index in [9.17, 15) is 23.1 Å². The number of alkyl halides is 3. The summed E-state index contributed by atoms with van der Waals surface area (Å²) in [5, 5.41) is 17.1. The van der Waals surface area contributed by atoms with Crippen molar-refractivity contribution in [2.45, 2.75) is 58.0 Å². The highest BCUT2D eigenvalue weighted by molar-refractivity contribution is 5.76. The van der Waals surface area contributed by atoms with Crippen molar-refractivity contribution in [1.29, 1.82) is 0 Å². The molecule has 4 heterocycles. The number of aromatic nitrogens is 4. The number of piperidine rings is 1. The van der Waals surface area contributed by atoms with Crippen molar-refractivity contribution in [3.63, 3.8) is 0 Å². The number of nitrogens with two attached hydrogens (primary N) is 1. The molecule has 2 aliphatic rings. The van der Waals surface area contributed by atoms with E-state index in [1.54, 1.807) is 62.5 Å². The SMILES string of the molecule is CCOC(=O)[C@@H]1CC2(CCN(c3cc(O[C@H](c4cc(-c5ccc(CO)cc5)ccc4-n4ccc(C)n4)C(F)(F)F)nc(N)n3)CC2)CN1. The second-order valence-electron chi connectivity index (χ2n) is 12.4. The Morgan fingerprint density at radius 2 is 1.83 bits per heavy atom. The van der Waals surface area contributed by atoms with Gasteiger partial charge >= 0.3 is 12.1 Å². The lowest BCUT2D eigenvalue weighted by Gasteiger charge is -2.39. The zero-order chi connectivity index (χ0) is 34.1. The van der Waals surface area contributed by atoms with E-state index in [0.717, 1.165) is 12.8 Å². The third-order valence-electron chi connectivity index (χ3n) is 9.07. The minimum absolute atomic E-state index is 0.0854. The lowest BCUT2D eigenvalue weighted by Crippen LogP contribution is -2.41. The first-order chi connectivity index (χ1) is 23.0. The summed E-state index contributed by atoms with van der Waals surface area (Å²) in [6, 6.07) is 14.4. The van der Waals surface area contributed by atoms with Crippen molar-refractivity contribution in [3.8, 4) is 22.7 Å². The van der Waals surface area contributed by atoms with Crippen LogP contribution in [0.3, 0.4) is 0 Å². The summed E-state index contributed by atoms with van der Waals surface area (Å²) in [5.74, 6) is -0.418. The molecule has 11 nitrogen and oxygen atoms in total. The van der Waals surface area contributed by atoms with Gasteiger partial charge in [0.2, 0.25) is 17.9 Å². The molecular weight excluding hydrogens is 627 g/mol. The topological polar surface area (TPSA) is 141 Å². The first-order valence-corrected chi connectivity index (χ1v) is 15.9. The fourth-order valence-electron chi connectivity index (χ4n) is 6.50. The van der Waals surface area contributed by atoms with E-state index in [2.05, 4.69) is 20.4 Å². The summed E-state index contributed by atoms with van der Waals surface area (Å²) in [6.07, 6.45) is -3.52. The summed E-state index contributed by atoms with van der Waals surface area (Å²) >= 11 is 0. The monoisotopic (exact) mass is 665 g/mol. The summed E-state index contributed by atoms with van der Waals surface area (Å²) < 4.78 is 57.2. The van der Waals surface area contributed by atoms with E-state index in [4.69, 9.17) is 15.2 Å². The second-order valence-corrected chi connectivity index (χ2v) is 12.4. The van der Waals surface area contributed by atoms with Crippen LogP contribution in [0, 0.1) is 12.3 Å². The maximum absolute atomic E-state index is 15.0. The average molecular weight is 666 g/mol. The van der Waals surface area contributed by atoms with Crippen LogP contribution in [-0.2, 0) is 16.1 Å². The van der Waals surface area contributed by atoms with Crippen LogP contribution in [0.15, 0.2) is 60.8 Å². The standard InChI is InChI=1S/C34H38F3N7O4/c1-3-47-31(46)26-18-33(20-39-26)11-14-43(15-12-33)28-17-29(41-32(38)40-28)48-30(34(35,36)37)25-16-24(23-6-4-22(19-45)5-7-23)8-9-27(25)44-13-10-21(2)42-44/h4-10,13,16-17,26,30,39,45H,3,11-12,14-15,18-20H2,1-2H3,(H2,38,40,41)/t26-,30+/m0/s1. The number of anilines is 2. The number of halogens is 3. The zero-order valence-corrected chi connectivity index (χ0v) is 26.7. The van der Waals surface area contributed by atoms with Crippen LogP contribution in [0.4, 0.5) is 24.9 Å². The normalized spacial score (nSPS) is 18.2. The fourth-order valence-corrected chi connectivity index (χ4v) is 6.50. The first-order valence-electron chi connectivity index (χ1n) is 15.9. The molecule has 0 aliphatic carbocycles. The number of aryl methyl sites for hydroxylation is 1. The molecule has 0 saturated carbocycles. The number of rotatable bonds is 9. The Bertz CT molecular complexity index is 1750. The molecule has 2 fully saturated rings. The van der Waals surface area contributed by atoms with Gasteiger partial charge in [0.15, 0.2) is 0 Å². The number of aliphatic hydroxyl groups excluding tert-OH is 1. The van der Waals surface area contributed by atoms with E-state index >= 15 is 0 Å². The number of nitrogens with zero attached hydrogens (tertiary/aromatic N) is 5. The quantitative estimate of drug-likeness (QED) is 0.211. The highest BCUT2D eigenvalue weighted by Crippen LogP contribution is 2.43. The molecule has 2 atom stereocenters. The third-order valence-corrected chi connectivity index (χ3v) is 9.07. The smallest absolute Gasteiger partial charge is 0.429 e. The van der Waals surface area contributed by atoms with Crippen molar-refractivity contribution >= 4 is 17.7 Å². The zero-order valence-electron chi connectivity index (χ0n) is 26.7. The van der Waals surface area contributed by atoms with E-state index in [1.165, 1.54) is 16.8 Å². The molecule has 6 rings (SSSR count). The number of hydrogen-bond donors (Lipinski definition) is 3. The van der Waals surface area contributed by atoms with Crippen molar-refractivity contribution in [2.24, 2.45) is 5.41 Å². The lowest BCUT2D eigenvalue weighted by molar-refractivity contribution is -0.198. The van der Waals surface area contributed by atoms with Crippen LogP contribution < -0.4 is 20.7 Å². The average Bonchev–Trinajstić information content (AvgIpc) is 3.69. The van der Waals surface area contributed by atoms with Gasteiger partial charge in [-0.1, -0.05) is 30.3 Å². The lowest BCUT2D eigenvalue weighted by atomic mass is 9.76. The first kappa shape index (κ1) is 33.2. The Kier molecular flexibility index (Phi) is 9.30. The van der Waals surface area contributed by atoms with Gasteiger partial charge in [0.25, 0.3) is 0 Å². The maximum atomic E-state index is 15.0. The Morgan fingerprint density at radius 3 is 2.48 bits per heavy atom. The Morgan fingerprint density at radius 1 is 1.10 bits per heavy atom. The summed E-state index contributed by atoms with van der Waals surface area (Å²) in [5.41, 5.74) is 8.47. The summed E-state index contributed by atoms with van der Waals surface area (Å²) in [7, 11) is 0. The number of carbonyl (C=O) groups excluding carboxylic acids is 1. The third kappa shape index (κ3) is 7.09. The van der Waals surface area contributed by atoms with E-state index in [1.807, 2.05) is 4.90 Å². The van der Waals surface area contributed by atoms with Crippen LogP contribution in [0.5, 0.6) is 5.88 Å². The number of aliphatic hydroxyl groups is 1. The number of nitrogen functional groups attached to an aromatic ring is 1. The van der Waals surface area contributed by atoms with Gasteiger partial charge in [0.1, 0.15) is 11.9 Å². The summed E-state index contributed by atoms with van der Waals surface area (Å²) in [6.45, 7) is 5.51. The number of nitrogens with one attached hydrogen (secondary N) is 1. The van der Waals surface area contributed by atoms with Crippen LogP contribution in [0.1, 0.15) is 49.1 Å². The molecule has 0 amide bonds. The van der Waals surface area contributed by atoms with Gasteiger partial charge in [-0.3, -0.25) is 4.79 Å². The number of hydrogen-bond acceptors (Lipinski definition) is 10. The molecule has 14 heteroatoms. The number of benzene rings is 2. The molecule has 4 N–H and O–H groups in total.